The summed E-state index contributed by atoms with van der Waals surface area (Å²) in [6.07, 6.45) is 2.23. The summed E-state index contributed by atoms with van der Waals surface area (Å²) in [5.74, 6) is -2.51. The summed E-state index contributed by atoms with van der Waals surface area (Å²) in [4.78, 5) is 23.1. The summed E-state index contributed by atoms with van der Waals surface area (Å²) >= 11 is 0. The Hall–Kier alpha value is -1.89. The second-order valence-electron chi connectivity index (χ2n) is 5.78. The van der Waals surface area contributed by atoms with Crippen LogP contribution in [0.25, 0.3) is 0 Å². The van der Waals surface area contributed by atoms with Gasteiger partial charge in [0.25, 0.3) is 0 Å². The van der Waals surface area contributed by atoms with E-state index in [9.17, 15) is 18.0 Å². The lowest BCUT2D eigenvalue weighted by molar-refractivity contribution is -0.151. The van der Waals surface area contributed by atoms with Crippen LogP contribution in [0.3, 0.4) is 0 Å². The maximum Gasteiger partial charge on any atom is 0.307 e. The van der Waals surface area contributed by atoms with Gasteiger partial charge in [-0.05, 0) is 37.0 Å². The molecule has 1 aromatic rings. The molecule has 6 nitrogen and oxygen atoms in total. The summed E-state index contributed by atoms with van der Waals surface area (Å²) in [6, 6.07) is 5.07. The number of nitrogens with one attached hydrogen (secondary N) is 1. The maximum atomic E-state index is 12.2. The number of aliphatic carboxylic acids is 1. The average Bonchev–Trinajstić information content (AvgIpc) is 2.30. The highest BCUT2D eigenvalue weighted by Gasteiger charge is 2.41. The largest absolute Gasteiger partial charge is 0.481 e. The lowest BCUT2D eigenvalue weighted by Gasteiger charge is -2.32. The summed E-state index contributed by atoms with van der Waals surface area (Å²) in [7, 11) is -3.17. The summed E-state index contributed by atoms with van der Waals surface area (Å²) in [5.41, 5.74) is 1.85. The Morgan fingerprint density at radius 1 is 1.27 bits per heavy atom. The van der Waals surface area contributed by atoms with Crippen molar-refractivity contribution in [3.05, 3.63) is 29.3 Å². The SMILES string of the molecule is Cc1c(CS(C)(=O)=O)cccc1NC(=O)C1CCC1C(=O)O. The van der Waals surface area contributed by atoms with E-state index in [2.05, 4.69) is 5.32 Å². The third kappa shape index (κ3) is 3.65. The molecule has 1 aliphatic rings. The minimum absolute atomic E-state index is 0.0935. The first-order chi connectivity index (χ1) is 10.2. The number of carbonyl (C=O) groups excluding carboxylic acids is 1. The highest BCUT2D eigenvalue weighted by Crippen LogP contribution is 2.35. The molecule has 0 aliphatic heterocycles. The number of rotatable bonds is 5. The Bertz CT molecular complexity index is 711. The van der Waals surface area contributed by atoms with Crippen LogP contribution >= 0.6 is 0 Å². The van der Waals surface area contributed by atoms with Crippen LogP contribution in [0.5, 0.6) is 0 Å². The van der Waals surface area contributed by atoms with E-state index in [0.717, 1.165) is 6.26 Å². The van der Waals surface area contributed by atoms with Gasteiger partial charge in [0.2, 0.25) is 5.91 Å². The van der Waals surface area contributed by atoms with Gasteiger partial charge >= 0.3 is 5.97 Å². The molecule has 1 amide bonds. The van der Waals surface area contributed by atoms with E-state index in [1.165, 1.54) is 0 Å². The fourth-order valence-electron chi connectivity index (χ4n) is 2.59. The van der Waals surface area contributed by atoms with Crippen molar-refractivity contribution in [2.24, 2.45) is 11.8 Å². The zero-order valence-corrected chi connectivity index (χ0v) is 13.3. The predicted molar refractivity (Wildman–Crippen MR) is 82.2 cm³/mol. The molecule has 1 fully saturated rings. The van der Waals surface area contributed by atoms with Crippen LogP contribution in [0, 0.1) is 18.8 Å². The number of sulfone groups is 1. The highest BCUT2D eigenvalue weighted by molar-refractivity contribution is 7.89. The Balaban J connectivity index is 2.15. The molecule has 0 saturated heterocycles. The van der Waals surface area contributed by atoms with Crippen molar-refractivity contribution in [2.75, 3.05) is 11.6 Å². The van der Waals surface area contributed by atoms with Crippen LogP contribution in [0.4, 0.5) is 5.69 Å². The fraction of sp³-hybridized carbons (Fsp3) is 0.467. The number of carbonyl (C=O) groups is 2. The van der Waals surface area contributed by atoms with Crippen LogP contribution in [0.1, 0.15) is 24.0 Å². The number of carboxylic acid groups (broad SMARTS) is 1. The molecule has 0 aromatic heterocycles. The molecule has 1 aromatic carbocycles. The first-order valence-electron chi connectivity index (χ1n) is 6.99. The van der Waals surface area contributed by atoms with Gasteiger partial charge in [0.1, 0.15) is 0 Å². The predicted octanol–water partition coefficient (Wildman–Crippen LogP) is 1.59. The van der Waals surface area contributed by atoms with Crippen LogP contribution in [0.2, 0.25) is 0 Å². The third-order valence-corrected chi connectivity index (χ3v) is 4.89. The van der Waals surface area contributed by atoms with Crippen molar-refractivity contribution in [3.8, 4) is 0 Å². The monoisotopic (exact) mass is 325 g/mol. The first-order valence-corrected chi connectivity index (χ1v) is 9.05. The molecule has 2 N–H and O–H groups in total. The summed E-state index contributed by atoms with van der Waals surface area (Å²) in [6.45, 7) is 1.74. The van der Waals surface area contributed by atoms with Gasteiger partial charge in [-0.15, -0.1) is 0 Å². The average molecular weight is 325 g/mol. The van der Waals surface area contributed by atoms with Gasteiger partial charge < -0.3 is 10.4 Å². The van der Waals surface area contributed by atoms with Crippen molar-refractivity contribution in [2.45, 2.75) is 25.5 Å². The van der Waals surface area contributed by atoms with Gasteiger partial charge in [0, 0.05) is 11.9 Å². The smallest absolute Gasteiger partial charge is 0.307 e. The van der Waals surface area contributed by atoms with Crippen LogP contribution < -0.4 is 5.32 Å². The Labute approximate surface area is 129 Å². The number of benzene rings is 1. The lowest BCUT2D eigenvalue weighted by atomic mass is 9.73. The zero-order valence-electron chi connectivity index (χ0n) is 12.5. The van der Waals surface area contributed by atoms with E-state index < -0.39 is 27.6 Å². The molecule has 2 rings (SSSR count). The quantitative estimate of drug-likeness (QED) is 0.856. The second kappa shape index (κ2) is 6.08. The van der Waals surface area contributed by atoms with E-state index in [0.29, 0.717) is 29.7 Å². The topological polar surface area (TPSA) is 101 Å². The van der Waals surface area contributed by atoms with Crippen LogP contribution in [-0.4, -0.2) is 31.7 Å². The van der Waals surface area contributed by atoms with E-state index in [1.807, 2.05) is 0 Å². The number of hydrogen-bond donors (Lipinski definition) is 2. The van der Waals surface area contributed by atoms with Crippen molar-refractivity contribution in [1.82, 2.24) is 0 Å². The molecular weight excluding hydrogens is 306 g/mol. The molecular formula is C15H19NO5S. The molecule has 2 atom stereocenters. The number of anilines is 1. The molecule has 7 heteroatoms. The molecule has 22 heavy (non-hydrogen) atoms. The number of hydrogen-bond acceptors (Lipinski definition) is 4. The van der Waals surface area contributed by atoms with Gasteiger partial charge in [-0.2, -0.15) is 0 Å². The van der Waals surface area contributed by atoms with E-state index >= 15 is 0 Å². The molecule has 2 unspecified atom stereocenters. The molecule has 0 spiro atoms. The van der Waals surface area contributed by atoms with E-state index in [4.69, 9.17) is 5.11 Å². The van der Waals surface area contributed by atoms with Gasteiger partial charge in [-0.3, -0.25) is 9.59 Å². The molecule has 1 saturated carbocycles. The first kappa shape index (κ1) is 16.5. The molecule has 1 aliphatic carbocycles. The lowest BCUT2D eigenvalue weighted by Crippen LogP contribution is -2.41. The van der Waals surface area contributed by atoms with Gasteiger partial charge in [-0.1, -0.05) is 12.1 Å². The molecule has 120 valence electrons. The zero-order chi connectivity index (χ0) is 16.5. The Morgan fingerprint density at radius 3 is 2.41 bits per heavy atom. The minimum Gasteiger partial charge on any atom is -0.481 e. The van der Waals surface area contributed by atoms with Gasteiger partial charge in [0.15, 0.2) is 9.84 Å². The molecule has 0 bridgehead atoms. The van der Waals surface area contributed by atoms with E-state index in [-0.39, 0.29) is 11.7 Å². The minimum atomic E-state index is -3.17. The van der Waals surface area contributed by atoms with Crippen molar-refractivity contribution in [1.29, 1.82) is 0 Å². The maximum absolute atomic E-state index is 12.2. The van der Waals surface area contributed by atoms with Gasteiger partial charge in [-0.25, -0.2) is 8.42 Å². The Kier molecular flexibility index (Phi) is 4.55. The normalized spacial score (nSPS) is 21.0. The standard InChI is InChI=1S/C15H19NO5S/c1-9-10(8-22(2,20)21)4-3-5-13(9)16-14(17)11-6-7-12(11)15(18)19/h3-5,11-12H,6-8H2,1-2H3,(H,16,17)(H,18,19). The van der Waals surface area contributed by atoms with Crippen molar-refractivity contribution >= 4 is 27.4 Å². The Morgan fingerprint density at radius 2 is 1.91 bits per heavy atom. The fourth-order valence-corrected chi connectivity index (χ4v) is 3.47. The summed E-state index contributed by atoms with van der Waals surface area (Å²) in [5, 5.41) is 11.7. The molecule has 0 heterocycles. The number of amides is 1. The highest BCUT2D eigenvalue weighted by atomic mass is 32.2. The van der Waals surface area contributed by atoms with Crippen molar-refractivity contribution in [3.63, 3.8) is 0 Å². The third-order valence-electron chi connectivity index (χ3n) is 4.05. The van der Waals surface area contributed by atoms with Gasteiger partial charge in [0.05, 0.1) is 17.6 Å². The van der Waals surface area contributed by atoms with Crippen LogP contribution in [-0.2, 0) is 25.2 Å². The second-order valence-corrected chi connectivity index (χ2v) is 7.92. The summed E-state index contributed by atoms with van der Waals surface area (Å²) < 4.78 is 22.8. The van der Waals surface area contributed by atoms with Crippen molar-refractivity contribution < 1.29 is 23.1 Å². The number of carboxylic acids is 1. The molecule has 0 radical (unpaired) electrons. The van der Waals surface area contributed by atoms with Crippen LogP contribution in [0.15, 0.2) is 18.2 Å². The van der Waals surface area contributed by atoms with E-state index in [1.54, 1.807) is 25.1 Å².